The Hall–Kier alpha value is -1.26. The molecule has 1 aromatic carbocycles. The number of aliphatic hydroxyl groups excluding tert-OH is 1. The Balaban J connectivity index is 2.49. The van der Waals surface area contributed by atoms with Gasteiger partial charge < -0.3 is 20.3 Å². The molecule has 0 saturated carbocycles. The van der Waals surface area contributed by atoms with Gasteiger partial charge in [-0.1, -0.05) is 12.1 Å². The van der Waals surface area contributed by atoms with Gasteiger partial charge in [0.25, 0.3) is 0 Å². The Morgan fingerprint density at radius 2 is 2.29 bits per heavy atom. The van der Waals surface area contributed by atoms with Crippen molar-refractivity contribution in [3.8, 4) is 11.5 Å². The molecule has 0 bridgehead atoms. The maximum Gasteiger partial charge on any atom is 0.231 e. The average molecular weight is 195 g/mol. The summed E-state index contributed by atoms with van der Waals surface area (Å²) in [5.74, 6) is 1.33. The summed E-state index contributed by atoms with van der Waals surface area (Å²) in [4.78, 5) is 0. The van der Waals surface area contributed by atoms with E-state index in [9.17, 15) is 0 Å². The van der Waals surface area contributed by atoms with Gasteiger partial charge in [0, 0.05) is 5.56 Å². The van der Waals surface area contributed by atoms with Crippen LogP contribution >= 0.6 is 0 Å². The van der Waals surface area contributed by atoms with Gasteiger partial charge in [-0.25, -0.2) is 0 Å². The number of aliphatic hydroxyl groups is 1. The third-order valence-corrected chi connectivity index (χ3v) is 2.34. The highest BCUT2D eigenvalue weighted by atomic mass is 16.7. The highest BCUT2D eigenvalue weighted by Crippen LogP contribution is 2.39. The van der Waals surface area contributed by atoms with E-state index in [1.54, 1.807) is 6.92 Å². The number of nitrogens with two attached hydrogens (primary N) is 1. The van der Waals surface area contributed by atoms with Crippen molar-refractivity contribution in [1.29, 1.82) is 0 Å². The summed E-state index contributed by atoms with van der Waals surface area (Å²) < 4.78 is 10.5. The molecule has 2 rings (SSSR count). The van der Waals surface area contributed by atoms with Crippen LogP contribution in [0.2, 0.25) is 0 Å². The average Bonchev–Trinajstić information content (AvgIpc) is 2.64. The highest BCUT2D eigenvalue weighted by Gasteiger charge is 2.28. The van der Waals surface area contributed by atoms with Crippen molar-refractivity contribution in [2.75, 3.05) is 13.4 Å². The molecular formula is C10H13NO3. The second kappa shape index (κ2) is 3.15. The zero-order chi connectivity index (χ0) is 10.2. The van der Waals surface area contributed by atoms with E-state index in [1.807, 2.05) is 18.2 Å². The molecule has 4 heteroatoms. The van der Waals surface area contributed by atoms with Gasteiger partial charge in [-0.3, -0.25) is 0 Å². The molecule has 1 aliphatic heterocycles. The Bertz CT molecular complexity index is 349. The van der Waals surface area contributed by atoms with Gasteiger partial charge in [0.05, 0.1) is 12.1 Å². The maximum atomic E-state index is 9.16. The molecule has 0 radical (unpaired) electrons. The van der Waals surface area contributed by atoms with Crippen molar-refractivity contribution in [3.05, 3.63) is 23.8 Å². The van der Waals surface area contributed by atoms with E-state index in [4.69, 9.17) is 20.3 Å². The molecule has 76 valence electrons. The topological polar surface area (TPSA) is 64.7 Å². The smallest absolute Gasteiger partial charge is 0.231 e. The van der Waals surface area contributed by atoms with Crippen LogP contribution in [0.5, 0.6) is 11.5 Å². The zero-order valence-corrected chi connectivity index (χ0v) is 7.99. The van der Waals surface area contributed by atoms with Gasteiger partial charge >= 0.3 is 0 Å². The van der Waals surface area contributed by atoms with Crippen LogP contribution in [-0.4, -0.2) is 18.5 Å². The van der Waals surface area contributed by atoms with Crippen LogP contribution in [0, 0.1) is 0 Å². The molecule has 0 aromatic heterocycles. The molecule has 1 heterocycles. The van der Waals surface area contributed by atoms with E-state index in [1.165, 1.54) is 0 Å². The first-order valence-electron chi connectivity index (χ1n) is 4.44. The quantitative estimate of drug-likeness (QED) is 0.724. The molecule has 1 aliphatic rings. The number of para-hydroxylation sites is 1. The minimum absolute atomic E-state index is 0.132. The van der Waals surface area contributed by atoms with Crippen molar-refractivity contribution < 1.29 is 14.6 Å². The molecule has 0 unspecified atom stereocenters. The predicted octanol–water partition coefficient (Wildman–Crippen LogP) is 0.581. The maximum absolute atomic E-state index is 9.16. The Kier molecular flexibility index (Phi) is 2.09. The Morgan fingerprint density at radius 1 is 1.50 bits per heavy atom. The van der Waals surface area contributed by atoms with Crippen LogP contribution in [0.25, 0.3) is 0 Å². The lowest BCUT2D eigenvalue weighted by Gasteiger charge is -2.23. The molecule has 3 N–H and O–H groups in total. The summed E-state index contributed by atoms with van der Waals surface area (Å²) in [5.41, 5.74) is 5.91. The van der Waals surface area contributed by atoms with Crippen LogP contribution < -0.4 is 15.2 Å². The first kappa shape index (κ1) is 9.30. The number of hydrogen-bond acceptors (Lipinski definition) is 4. The molecule has 4 nitrogen and oxygen atoms in total. The van der Waals surface area contributed by atoms with E-state index in [-0.39, 0.29) is 13.4 Å². The summed E-state index contributed by atoms with van der Waals surface area (Å²) in [5, 5.41) is 9.16. The molecule has 1 aromatic rings. The van der Waals surface area contributed by atoms with Crippen molar-refractivity contribution in [1.82, 2.24) is 0 Å². The summed E-state index contributed by atoms with van der Waals surface area (Å²) in [7, 11) is 0. The van der Waals surface area contributed by atoms with E-state index >= 15 is 0 Å². The van der Waals surface area contributed by atoms with Gasteiger partial charge in [0.1, 0.15) is 0 Å². The van der Waals surface area contributed by atoms with Crippen LogP contribution in [0.1, 0.15) is 12.5 Å². The molecule has 0 aliphatic carbocycles. The lowest BCUT2D eigenvalue weighted by molar-refractivity contribution is 0.168. The fraction of sp³-hybridized carbons (Fsp3) is 0.400. The van der Waals surface area contributed by atoms with Crippen LogP contribution in [0.15, 0.2) is 18.2 Å². The highest BCUT2D eigenvalue weighted by molar-refractivity contribution is 5.50. The van der Waals surface area contributed by atoms with Crippen LogP contribution in [0.3, 0.4) is 0 Å². The summed E-state index contributed by atoms with van der Waals surface area (Å²) in [6.45, 7) is 1.84. The van der Waals surface area contributed by atoms with E-state index in [0.717, 1.165) is 5.56 Å². The SMILES string of the molecule is C[C@](N)(CO)c1cccc2c1OCO2. The van der Waals surface area contributed by atoms with E-state index in [2.05, 4.69) is 0 Å². The molecule has 0 fully saturated rings. The fourth-order valence-electron chi connectivity index (χ4n) is 1.47. The monoisotopic (exact) mass is 195 g/mol. The molecular weight excluding hydrogens is 182 g/mol. The number of benzene rings is 1. The zero-order valence-electron chi connectivity index (χ0n) is 7.99. The predicted molar refractivity (Wildman–Crippen MR) is 51.2 cm³/mol. The van der Waals surface area contributed by atoms with E-state index < -0.39 is 5.54 Å². The van der Waals surface area contributed by atoms with Crippen molar-refractivity contribution in [3.63, 3.8) is 0 Å². The Morgan fingerprint density at radius 3 is 3.00 bits per heavy atom. The third-order valence-electron chi connectivity index (χ3n) is 2.34. The lowest BCUT2D eigenvalue weighted by atomic mass is 9.93. The van der Waals surface area contributed by atoms with Crippen molar-refractivity contribution in [2.24, 2.45) is 5.73 Å². The van der Waals surface area contributed by atoms with Gasteiger partial charge in [-0.2, -0.15) is 0 Å². The Labute approximate surface area is 82.2 Å². The van der Waals surface area contributed by atoms with Gasteiger partial charge in [0.2, 0.25) is 6.79 Å². The number of fused-ring (bicyclic) bond motifs is 1. The van der Waals surface area contributed by atoms with Gasteiger partial charge in [-0.15, -0.1) is 0 Å². The molecule has 14 heavy (non-hydrogen) atoms. The number of ether oxygens (including phenoxy) is 2. The van der Waals surface area contributed by atoms with Crippen LogP contribution in [0.4, 0.5) is 0 Å². The standard InChI is InChI=1S/C10H13NO3/c1-10(11,5-12)7-3-2-4-8-9(7)14-6-13-8/h2-4,12H,5-6,11H2,1H3/t10-/m0/s1. The lowest BCUT2D eigenvalue weighted by Crippen LogP contribution is -2.37. The summed E-state index contributed by atoms with van der Waals surface area (Å²) in [6, 6.07) is 5.49. The molecule has 0 spiro atoms. The first-order valence-corrected chi connectivity index (χ1v) is 4.44. The summed E-state index contributed by atoms with van der Waals surface area (Å²) in [6.07, 6.45) is 0. The molecule has 0 amide bonds. The van der Waals surface area contributed by atoms with Gasteiger partial charge in [-0.05, 0) is 13.0 Å². The van der Waals surface area contributed by atoms with Crippen molar-refractivity contribution >= 4 is 0 Å². The van der Waals surface area contributed by atoms with Crippen LogP contribution in [-0.2, 0) is 5.54 Å². The normalized spacial score (nSPS) is 17.9. The summed E-state index contributed by atoms with van der Waals surface area (Å²) >= 11 is 0. The molecule has 1 atom stereocenters. The van der Waals surface area contributed by atoms with Gasteiger partial charge in [0.15, 0.2) is 11.5 Å². The second-order valence-electron chi connectivity index (χ2n) is 3.61. The fourth-order valence-corrected chi connectivity index (χ4v) is 1.47. The largest absolute Gasteiger partial charge is 0.454 e. The van der Waals surface area contributed by atoms with E-state index in [0.29, 0.717) is 11.5 Å². The molecule has 0 saturated heterocycles. The minimum Gasteiger partial charge on any atom is -0.454 e. The number of rotatable bonds is 2. The third kappa shape index (κ3) is 1.32. The second-order valence-corrected chi connectivity index (χ2v) is 3.61. The van der Waals surface area contributed by atoms with Crippen molar-refractivity contribution in [2.45, 2.75) is 12.5 Å². The number of hydrogen-bond donors (Lipinski definition) is 2. The minimum atomic E-state index is -0.793. The first-order chi connectivity index (χ1) is 6.65.